The molecule has 2 heterocycles. The van der Waals surface area contributed by atoms with Crippen LogP contribution in [0.3, 0.4) is 0 Å². The molecule has 0 aliphatic carbocycles. The van der Waals surface area contributed by atoms with Crippen LogP contribution in [-0.2, 0) is 6.42 Å². The van der Waals surface area contributed by atoms with Crippen LogP contribution in [0.2, 0.25) is 0 Å². The zero-order chi connectivity index (χ0) is 8.55. The summed E-state index contributed by atoms with van der Waals surface area (Å²) < 4.78 is 1.72. The number of hydrogen-bond donors (Lipinski definition) is 1. The summed E-state index contributed by atoms with van der Waals surface area (Å²) in [4.78, 5) is 4.34. The van der Waals surface area contributed by atoms with Gasteiger partial charge in [0, 0.05) is 5.56 Å². The Balaban J connectivity index is 2.53. The molecule has 0 saturated heterocycles. The Labute approximate surface area is 70.6 Å². The third-order valence-corrected chi connectivity index (χ3v) is 1.88. The Bertz CT molecular complexity index is 385. The van der Waals surface area contributed by atoms with Crippen molar-refractivity contribution in [2.45, 2.75) is 26.7 Å². The van der Waals surface area contributed by atoms with Crippen molar-refractivity contribution in [2.75, 3.05) is 0 Å². The van der Waals surface area contributed by atoms with E-state index in [1.165, 1.54) is 5.56 Å². The van der Waals surface area contributed by atoms with Crippen LogP contribution in [0, 0.1) is 6.92 Å². The van der Waals surface area contributed by atoms with E-state index < -0.39 is 0 Å². The lowest BCUT2D eigenvalue weighted by Crippen LogP contribution is -1.84. The lowest BCUT2D eigenvalue weighted by atomic mass is 10.2. The van der Waals surface area contributed by atoms with E-state index in [0.29, 0.717) is 0 Å². The van der Waals surface area contributed by atoms with Crippen LogP contribution in [-0.4, -0.2) is 19.8 Å². The standard InChI is InChI=1S/C8H12N4/c1-3-4-7-5-9-12-8(7)10-6(2)11-12/h5H,3-4H2,1-2H3,(H,10,11). The van der Waals surface area contributed by atoms with E-state index in [0.717, 1.165) is 24.3 Å². The largest absolute Gasteiger partial charge is 0.263 e. The minimum atomic E-state index is 0.912. The van der Waals surface area contributed by atoms with E-state index >= 15 is 0 Å². The molecule has 0 saturated carbocycles. The number of aromatic amines is 1. The van der Waals surface area contributed by atoms with Crippen molar-refractivity contribution in [3.63, 3.8) is 0 Å². The Kier molecular flexibility index (Phi) is 1.60. The van der Waals surface area contributed by atoms with Gasteiger partial charge in [0.1, 0.15) is 5.82 Å². The lowest BCUT2D eigenvalue weighted by Gasteiger charge is -1.87. The molecule has 0 aromatic carbocycles. The van der Waals surface area contributed by atoms with Crippen LogP contribution < -0.4 is 0 Å². The predicted octanol–water partition coefficient (Wildman–Crippen LogP) is 1.32. The molecule has 0 fully saturated rings. The lowest BCUT2D eigenvalue weighted by molar-refractivity contribution is 0.806. The Morgan fingerprint density at radius 1 is 1.58 bits per heavy atom. The molecular weight excluding hydrogens is 152 g/mol. The summed E-state index contributed by atoms with van der Waals surface area (Å²) in [6, 6.07) is 0. The molecule has 0 amide bonds. The maximum atomic E-state index is 4.34. The van der Waals surface area contributed by atoms with E-state index in [-0.39, 0.29) is 0 Å². The topological polar surface area (TPSA) is 46.0 Å². The molecule has 4 nitrogen and oxygen atoms in total. The van der Waals surface area contributed by atoms with Gasteiger partial charge in [-0.25, -0.2) is 4.98 Å². The van der Waals surface area contributed by atoms with Crippen molar-refractivity contribution in [3.8, 4) is 0 Å². The SMILES string of the molecule is CCCc1cnn2[nH]c(C)nc12. The van der Waals surface area contributed by atoms with Crippen LogP contribution in [0.1, 0.15) is 24.7 Å². The molecule has 0 radical (unpaired) electrons. The second-order valence-corrected chi connectivity index (χ2v) is 2.96. The summed E-state index contributed by atoms with van der Waals surface area (Å²) in [5, 5.41) is 7.19. The fraction of sp³-hybridized carbons (Fsp3) is 0.500. The first-order chi connectivity index (χ1) is 5.81. The van der Waals surface area contributed by atoms with Gasteiger partial charge in [0.05, 0.1) is 6.20 Å². The summed E-state index contributed by atoms with van der Waals surface area (Å²) in [6.45, 7) is 4.09. The van der Waals surface area contributed by atoms with Gasteiger partial charge >= 0.3 is 0 Å². The summed E-state index contributed by atoms with van der Waals surface area (Å²) in [5.41, 5.74) is 2.19. The number of rotatable bonds is 2. The van der Waals surface area contributed by atoms with Crippen LogP contribution in [0.25, 0.3) is 5.65 Å². The van der Waals surface area contributed by atoms with Crippen molar-refractivity contribution in [1.29, 1.82) is 0 Å². The fourth-order valence-electron chi connectivity index (χ4n) is 1.36. The Morgan fingerprint density at radius 3 is 3.17 bits per heavy atom. The molecule has 0 atom stereocenters. The molecule has 0 unspecified atom stereocenters. The van der Waals surface area contributed by atoms with Crippen molar-refractivity contribution in [2.24, 2.45) is 0 Å². The average Bonchev–Trinajstić information content (AvgIpc) is 2.52. The highest BCUT2D eigenvalue weighted by Crippen LogP contribution is 2.09. The third-order valence-electron chi connectivity index (χ3n) is 1.88. The second kappa shape index (κ2) is 2.62. The van der Waals surface area contributed by atoms with E-state index in [2.05, 4.69) is 22.1 Å². The zero-order valence-electron chi connectivity index (χ0n) is 7.33. The molecule has 2 aromatic rings. The first-order valence-electron chi connectivity index (χ1n) is 4.20. The molecule has 64 valence electrons. The smallest absolute Gasteiger partial charge is 0.178 e. The van der Waals surface area contributed by atoms with Gasteiger partial charge in [0.2, 0.25) is 0 Å². The minimum Gasteiger partial charge on any atom is -0.263 e. The van der Waals surface area contributed by atoms with Gasteiger partial charge in [-0.2, -0.15) is 9.73 Å². The predicted molar refractivity (Wildman–Crippen MR) is 46.1 cm³/mol. The fourth-order valence-corrected chi connectivity index (χ4v) is 1.36. The van der Waals surface area contributed by atoms with Gasteiger partial charge in [-0.15, -0.1) is 0 Å². The molecule has 4 heteroatoms. The minimum absolute atomic E-state index is 0.912. The van der Waals surface area contributed by atoms with Crippen molar-refractivity contribution in [3.05, 3.63) is 17.6 Å². The molecule has 2 rings (SSSR count). The molecule has 12 heavy (non-hydrogen) atoms. The quantitative estimate of drug-likeness (QED) is 0.727. The number of H-pyrrole nitrogens is 1. The van der Waals surface area contributed by atoms with Gasteiger partial charge in [-0.3, -0.25) is 5.10 Å². The molecular formula is C8H12N4. The van der Waals surface area contributed by atoms with Crippen LogP contribution in [0.5, 0.6) is 0 Å². The zero-order valence-corrected chi connectivity index (χ0v) is 7.33. The van der Waals surface area contributed by atoms with Crippen LogP contribution in [0.4, 0.5) is 0 Å². The average molecular weight is 164 g/mol. The highest BCUT2D eigenvalue weighted by molar-refractivity contribution is 5.45. The molecule has 0 bridgehead atoms. The molecule has 0 aliphatic heterocycles. The number of nitrogens with zero attached hydrogens (tertiary/aromatic N) is 3. The monoisotopic (exact) mass is 164 g/mol. The molecule has 1 N–H and O–H groups in total. The maximum Gasteiger partial charge on any atom is 0.178 e. The van der Waals surface area contributed by atoms with Gasteiger partial charge in [0.15, 0.2) is 5.65 Å². The number of aryl methyl sites for hydroxylation is 2. The Morgan fingerprint density at radius 2 is 2.42 bits per heavy atom. The summed E-state index contributed by atoms with van der Waals surface area (Å²) in [6.07, 6.45) is 4.06. The number of aromatic nitrogens is 4. The van der Waals surface area contributed by atoms with Crippen LogP contribution >= 0.6 is 0 Å². The number of fused-ring (bicyclic) bond motifs is 1. The van der Waals surface area contributed by atoms with E-state index in [1.807, 2.05) is 13.1 Å². The van der Waals surface area contributed by atoms with Gasteiger partial charge < -0.3 is 0 Å². The first-order valence-corrected chi connectivity index (χ1v) is 4.20. The van der Waals surface area contributed by atoms with Gasteiger partial charge in [0.25, 0.3) is 0 Å². The number of nitrogens with one attached hydrogen (secondary N) is 1. The van der Waals surface area contributed by atoms with Gasteiger partial charge in [-0.05, 0) is 13.3 Å². The highest BCUT2D eigenvalue weighted by Gasteiger charge is 2.05. The van der Waals surface area contributed by atoms with E-state index in [4.69, 9.17) is 0 Å². The van der Waals surface area contributed by atoms with Crippen LogP contribution in [0.15, 0.2) is 6.20 Å². The molecule has 0 spiro atoms. The van der Waals surface area contributed by atoms with E-state index in [9.17, 15) is 0 Å². The highest BCUT2D eigenvalue weighted by atomic mass is 15.5. The first kappa shape index (κ1) is 7.34. The normalized spacial score (nSPS) is 11.2. The van der Waals surface area contributed by atoms with E-state index in [1.54, 1.807) is 4.63 Å². The summed E-state index contributed by atoms with van der Waals surface area (Å²) >= 11 is 0. The molecule has 2 aromatic heterocycles. The Hall–Kier alpha value is -1.32. The van der Waals surface area contributed by atoms with Crippen molar-refractivity contribution in [1.82, 2.24) is 19.8 Å². The summed E-state index contributed by atoms with van der Waals surface area (Å²) in [5.74, 6) is 0.912. The van der Waals surface area contributed by atoms with Gasteiger partial charge in [-0.1, -0.05) is 13.3 Å². The maximum absolute atomic E-state index is 4.34. The van der Waals surface area contributed by atoms with Crippen molar-refractivity contribution >= 4 is 5.65 Å². The third kappa shape index (κ3) is 0.995. The second-order valence-electron chi connectivity index (χ2n) is 2.96. The molecule has 0 aliphatic rings. The number of hydrogen-bond acceptors (Lipinski definition) is 2. The summed E-state index contributed by atoms with van der Waals surface area (Å²) in [7, 11) is 0. The van der Waals surface area contributed by atoms with Crippen molar-refractivity contribution < 1.29 is 0 Å².